The van der Waals surface area contributed by atoms with Gasteiger partial charge in [-0.3, -0.25) is 9.59 Å². The van der Waals surface area contributed by atoms with E-state index < -0.39 is 11.9 Å². The second-order valence-corrected chi connectivity index (χ2v) is 5.52. The smallest absolute Gasteiger partial charge is 0.330 e. The highest BCUT2D eigenvalue weighted by Crippen LogP contribution is 2.21. The summed E-state index contributed by atoms with van der Waals surface area (Å²) in [5.74, 6) is -0.887. The van der Waals surface area contributed by atoms with E-state index in [4.69, 9.17) is 9.47 Å². The van der Waals surface area contributed by atoms with E-state index in [-0.39, 0.29) is 31.7 Å². The molecule has 142 valence electrons. The Morgan fingerprint density at radius 1 is 1.11 bits per heavy atom. The van der Waals surface area contributed by atoms with Crippen molar-refractivity contribution >= 4 is 18.0 Å². The molecule has 0 saturated heterocycles. The van der Waals surface area contributed by atoms with E-state index in [1.165, 1.54) is 22.9 Å². The lowest BCUT2D eigenvalue weighted by Gasteiger charge is -2.10. The number of esters is 2. The molecule has 0 bridgehead atoms. The maximum atomic E-state index is 12.4. The molecule has 0 N–H and O–H groups in total. The van der Waals surface area contributed by atoms with Gasteiger partial charge in [-0.25, -0.2) is 9.48 Å². The van der Waals surface area contributed by atoms with E-state index in [0.29, 0.717) is 11.3 Å². The molecular weight excluding hydrogens is 348 g/mol. The molecule has 0 aliphatic carbocycles. The number of ether oxygens (including phenoxy) is 2. The summed E-state index contributed by atoms with van der Waals surface area (Å²) < 4.78 is 11.0. The van der Waals surface area contributed by atoms with Gasteiger partial charge in [-0.15, -0.1) is 0 Å². The van der Waals surface area contributed by atoms with Crippen LogP contribution in [0.5, 0.6) is 0 Å². The number of aromatic nitrogens is 2. The van der Waals surface area contributed by atoms with Gasteiger partial charge in [0.15, 0.2) is 0 Å². The van der Waals surface area contributed by atoms with Gasteiger partial charge in [0, 0.05) is 23.3 Å². The summed E-state index contributed by atoms with van der Waals surface area (Å²) in [5.41, 5.74) is 1.43. The molecule has 0 spiro atoms. The highest BCUT2D eigenvalue weighted by Gasteiger charge is 2.11. The molecule has 27 heavy (non-hydrogen) atoms. The molecule has 2 rings (SSSR count). The predicted molar refractivity (Wildman–Crippen MR) is 101 cm³/mol. The van der Waals surface area contributed by atoms with Gasteiger partial charge in [0.1, 0.15) is 0 Å². The summed E-state index contributed by atoms with van der Waals surface area (Å²) >= 11 is 0. The normalized spacial score (nSPS) is 10.7. The fourth-order valence-electron chi connectivity index (χ4n) is 2.39. The Morgan fingerprint density at radius 3 is 2.48 bits per heavy atom. The molecule has 0 saturated carbocycles. The standard InChI is InChI=1S/C20H22N2O5/c1-3-26-18(24)11-10-16-14-17(23)22(13-12-19(25)27-4-2)21-20(16)15-8-6-5-7-9-15/h5-11,14H,3-4,12-13H2,1-2H3/b11-10+. The Balaban J connectivity index is 2.38. The van der Waals surface area contributed by atoms with Gasteiger partial charge in [-0.2, -0.15) is 5.10 Å². The van der Waals surface area contributed by atoms with Crippen molar-refractivity contribution in [3.63, 3.8) is 0 Å². The van der Waals surface area contributed by atoms with Crippen LogP contribution in [-0.4, -0.2) is 34.9 Å². The summed E-state index contributed by atoms with van der Waals surface area (Å²) in [6, 6.07) is 10.7. The Bertz CT molecular complexity index is 872. The first kappa shape index (κ1) is 20.1. The maximum absolute atomic E-state index is 12.4. The lowest BCUT2D eigenvalue weighted by molar-refractivity contribution is -0.143. The van der Waals surface area contributed by atoms with Crippen LogP contribution in [0.3, 0.4) is 0 Å². The zero-order valence-corrected chi connectivity index (χ0v) is 15.4. The Morgan fingerprint density at radius 2 is 1.81 bits per heavy atom. The van der Waals surface area contributed by atoms with E-state index in [2.05, 4.69) is 5.10 Å². The van der Waals surface area contributed by atoms with Crippen LogP contribution in [0.1, 0.15) is 25.8 Å². The summed E-state index contributed by atoms with van der Waals surface area (Å²) in [6.45, 7) is 4.10. The summed E-state index contributed by atoms with van der Waals surface area (Å²) in [4.78, 5) is 35.5. The molecular formula is C20H22N2O5. The molecule has 1 heterocycles. The molecule has 7 nitrogen and oxygen atoms in total. The molecule has 1 aromatic carbocycles. The van der Waals surface area contributed by atoms with Crippen LogP contribution in [0.15, 0.2) is 47.3 Å². The molecule has 0 radical (unpaired) electrons. The number of benzene rings is 1. The summed E-state index contributed by atoms with van der Waals surface area (Å²) in [7, 11) is 0. The van der Waals surface area contributed by atoms with Gasteiger partial charge >= 0.3 is 11.9 Å². The monoisotopic (exact) mass is 370 g/mol. The fraction of sp³-hybridized carbons (Fsp3) is 0.300. The molecule has 0 aliphatic rings. The van der Waals surface area contributed by atoms with Crippen LogP contribution in [0.4, 0.5) is 0 Å². The number of carbonyl (C=O) groups is 2. The van der Waals surface area contributed by atoms with Crippen LogP contribution < -0.4 is 5.56 Å². The molecule has 0 fully saturated rings. The Hall–Kier alpha value is -3.22. The molecule has 0 unspecified atom stereocenters. The van der Waals surface area contributed by atoms with E-state index in [0.717, 1.165) is 5.56 Å². The number of carbonyl (C=O) groups excluding carboxylic acids is 2. The number of nitrogens with zero attached hydrogens (tertiary/aromatic N) is 2. The van der Waals surface area contributed by atoms with Crippen molar-refractivity contribution in [1.82, 2.24) is 9.78 Å². The lowest BCUT2D eigenvalue weighted by Crippen LogP contribution is -2.25. The quantitative estimate of drug-likeness (QED) is 0.524. The predicted octanol–water partition coefficient (Wildman–Crippen LogP) is 2.44. The number of aryl methyl sites for hydroxylation is 1. The molecule has 0 atom stereocenters. The average molecular weight is 370 g/mol. The average Bonchev–Trinajstić information content (AvgIpc) is 2.66. The van der Waals surface area contributed by atoms with Gasteiger partial charge < -0.3 is 9.47 Å². The van der Waals surface area contributed by atoms with Crippen LogP contribution >= 0.6 is 0 Å². The maximum Gasteiger partial charge on any atom is 0.330 e. The molecule has 0 aliphatic heterocycles. The second-order valence-electron chi connectivity index (χ2n) is 5.52. The first-order chi connectivity index (χ1) is 13.0. The van der Waals surface area contributed by atoms with Crippen molar-refractivity contribution in [3.8, 4) is 11.3 Å². The molecule has 0 amide bonds. The van der Waals surface area contributed by atoms with Crippen molar-refractivity contribution in [3.05, 3.63) is 58.4 Å². The SMILES string of the molecule is CCOC(=O)/C=C/c1cc(=O)n(CCC(=O)OCC)nc1-c1ccccc1. The van der Waals surface area contributed by atoms with Crippen LogP contribution in [-0.2, 0) is 25.6 Å². The first-order valence-electron chi connectivity index (χ1n) is 8.73. The minimum absolute atomic E-state index is 0.0486. The minimum Gasteiger partial charge on any atom is -0.466 e. The van der Waals surface area contributed by atoms with Crippen molar-refractivity contribution in [1.29, 1.82) is 0 Å². The number of rotatable bonds is 8. The summed E-state index contributed by atoms with van der Waals surface area (Å²) in [6.07, 6.45) is 2.81. The zero-order chi connectivity index (χ0) is 19.6. The van der Waals surface area contributed by atoms with E-state index in [1.807, 2.05) is 30.3 Å². The van der Waals surface area contributed by atoms with Gasteiger partial charge in [0.2, 0.25) is 0 Å². The van der Waals surface area contributed by atoms with Gasteiger partial charge in [-0.1, -0.05) is 30.3 Å². The van der Waals surface area contributed by atoms with Gasteiger partial charge in [0.25, 0.3) is 5.56 Å². The topological polar surface area (TPSA) is 87.5 Å². The third kappa shape index (κ3) is 5.91. The lowest BCUT2D eigenvalue weighted by atomic mass is 10.1. The molecule has 2 aromatic rings. The van der Waals surface area contributed by atoms with Gasteiger partial charge in [0.05, 0.1) is 31.9 Å². The van der Waals surface area contributed by atoms with Crippen molar-refractivity contribution in [2.24, 2.45) is 0 Å². The van der Waals surface area contributed by atoms with Crippen LogP contribution in [0, 0.1) is 0 Å². The second kappa shape index (κ2) is 10.1. The zero-order valence-electron chi connectivity index (χ0n) is 15.4. The van der Waals surface area contributed by atoms with Crippen LogP contribution in [0.2, 0.25) is 0 Å². The molecule has 1 aromatic heterocycles. The van der Waals surface area contributed by atoms with Gasteiger partial charge in [-0.05, 0) is 19.9 Å². The highest BCUT2D eigenvalue weighted by molar-refractivity contribution is 5.88. The number of hydrogen-bond acceptors (Lipinski definition) is 6. The van der Waals surface area contributed by atoms with Crippen molar-refractivity contribution in [2.75, 3.05) is 13.2 Å². The summed E-state index contributed by atoms with van der Waals surface area (Å²) in [5, 5.41) is 4.39. The van der Waals surface area contributed by atoms with E-state index in [1.54, 1.807) is 13.8 Å². The van der Waals surface area contributed by atoms with Crippen LogP contribution in [0.25, 0.3) is 17.3 Å². The van der Waals surface area contributed by atoms with E-state index >= 15 is 0 Å². The first-order valence-corrected chi connectivity index (χ1v) is 8.73. The number of hydrogen-bond donors (Lipinski definition) is 0. The van der Waals surface area contributed by atoms with Crippen molar-refractivity contribution < 1.29 is 19.1 Å². The highest BCUT2D eigenvalue weighted by atomic mass is 16.5. The Labute approximate surface area is 157 Å². The third-order valence-corrected chi connectivity index (χ3v) is 3.59. The fourth-order valence-corrected chi connectivity index (χ4v) is 2.39. The van der Waals surface area contributed by atoms with Crippen molar-refractivity contribution in [2.45, 2.75) is 26.8 Å². The Kier molecular flexibility index (Phi) is 7.49. The minimum atomic E-state index is -0.497. The largest absolute Gasteiger partial charge is 0.466 e. The third-order valence-electron chi connectivity index (χ3n) is 3.59. The van der Waals surface area contributed by atoms with E-state index in [9.17, 15) is 14.4 Å². The molecule has 7 heteroatoms.